The Morgan fingerprint density at radius 3 is 2.12 bits per heavy atom. The fourth-order valence-corrected chi connectivity index (χ4v) is 4.92. The second kappa shape index (κ2) is 9.14. The van der Waals surface area contributed by atoms with Crippen LogP contribution in [0.25, 0.3) is 11.4 Å². The van der Waals surface area contributed by atoms with E-state index in [1.54, 1.807) is 4.90 Å². The molecule has 0 atom stereocenters. The van der Waals surface area contributed by atoms with Crippen molar-refractivity contribution < 1.29 is 9.53 Å². The number of ether oxygens (including phenoxy) is 1. The van der Waals surface area contributed by atoms with Crippen LogP contribution in [0.5, 0.6) is 0 Å². The molecule has 182 valence electrons. The number of carbonyl (C=O) groups is 1. The first-order chi connectivity index (χ1) is 15.0. The average Bonchev–Trinajstić information content (AvgIpc) is 3.07. The van der Waals surface area contributed by atoms with E-state index >= 15 is 0 Å². The summed E-state index contributed by atoms with van der Waals surface area (Å²) in [4.78, 5) is 28.8. The summed E-state index contributed by atoms with van der Waals surface area (Å²) in [6.07, 6.45) is 1.43. The highest BCUT2D eigenvalue weighted by molar-refractivity contribution is 7.16. The molecule has 8 heteroatoms. The van der Waals surface area contributed by atoms with E-state index in [4.69, 9.17) is 31.3 Å². The van der Waals surface area contributed by atoms with Crippen molar-refractivity contribution in [2.75, 3.05) is 13.1 Å². The Morgan fingerprint density at radius 2 is 1.61 bits per heavy atom. The van der Waals surface area contributed by atoms with E-state index in [0.717, 1.165) is 40.8 Å². The molecule has 1 saturated heterocycles. The van der Waals surface area contributed by atoms with Crippen molar-refractivity contribution >= 4 is 29.0 Å². The molecule has 3 heterocycles. The van der Waals surface area contributed by atoms with E-state index in [-0.39, 0.29) is 22.8 Å². The van der Waals surface area contributed by atoms with E-state index in [9.17, 15) is 4.79 Å². The van der Waals surface area contributed by atoms with Gasteiger partial charge in [0.1, 0.15) is 21.5 Å². The van der Waals surface area contributed by atoms with Gasteiger partial charge >= 0.3 is 6.09 Å². The average molecular weight is 493 g/mol. The number of halogens is 1. The number of carbonyl (C=O) groups excluding carboxylic acids is 1. The van der Waals surface area contributed by atoms with Crippen LogP contribution in [-0.4, -0.2) is 44.6 Å². The van der Waals surface area contributed by atoms with E-state index in [1.807, 2.05) is 26.8 Å². The molecule has 3 rings (SSSR count). The third-order valence-corrected chi connectivity index (χ3v) is 6.92. The van der Waals surface area contributed by atoms with Crippen molar-refractivity contribution in [1.82, 2.24) is 19.9 Å². The van der Waals surface area contributed by atoms with Gasteiger partial charge in [-0.15, -0.1) is 11.3 Å². The monoisotopic (exact) mass is 492 g/mol. The van der Waals surface area contributed by atoms with Gasteiger partial charge in [-0.25, -0.2) is 19.7 Å². The van der Waals surface area contributed by atoms with E-state index in [0.29, 0.717) is 17.4 Å². The lowest BCUT2D eigenvalue weighted by molar-refractivity contribution is 0.0205. The standard InChI is InChI=1S/C25H37ClN4O2S/c1-23(2,3)17-14-16(27-21(28-17)24(4,5)6)18-19(26)33-20(29-18)15-10-12-30(13-11-15)22(31)32-25(7,8)9/h14-15H,10-13H2,1-9H3. The predicted octanol–water partition coefficient (Wildman–Crippen LogP) is 6.96. The molecule has 6 nitrogen and oxygen atoms in total. The van der Waals surface area contributed by atoms with E-state index in [2.05, 4.69) is 41.5 Å². The van der Waals surface area contributed by atoms with Gasteiger partial charge in [-0.05, 0) is 39.7 Å². The zero-order chi connectivity index (χ0) is 24.8. The van der Waals surface area contributed by atoms with Crippen molar-refractivity contribution in [1.29, 1.82) is 0 Å². The molecule has 0 radical (unpaired) electrons. The van der Waals surface area contributed by atoms with Crippen LogP contribution in [0.3, 0.4) is 0 Å². The lowest BCUT2D eigenvalue weighted by Gasteiger charge is -2.32. The van der Waals surface area contributed by atoms with Crippen molar-refractivity contribution in [2.45, 2.75) is 97.5 Å². The Kier molecular flexibility index (Phi) is 7.17. The highest BCUT2D eigenvalue weighted by Gasteiger charge is 2.30. The maximum Gasteiger partial charge on any atom is 0.410 e. The molecule has 1 aliphatic heterocycles. The predicted molar refractivity (Wildman–Crippen MR) is 135 cm³/mol. The van der Waals surface area contributed by atoms with Crippen molar-refractivity contribution in [3.8, 4) is 11.4 Å². The van der Waals surface area contributed by atoms with E-state index in [1.165, 1.54) is 11.3 Å². The minimum Gasteiger partial charge on any atom is -0.444 e. The third kappa shape index (κ3) is 6.44. The molecular weight excluding hydrogens is 456 g/mol. The number of piperidine rings is 1. The number of nitrogens with zero attached hydrogens (tertiary/aromatic N) is 4. The van der Waals surface area contributed by atoms with Gasteiger partial charge in [0.25, 0.3) is 0 Å². The first-order valence-corrected chi connectivity index (χ1v) is 12.8. The van der Waals surface area contributed by atoms with Crippen molar-refractivity contribution in [3.63, 3.8) is 0 Å². The number of aromatic nitrogens is 3. The SMILES string of the molecule is CC(C)(C)OC(=O)N1CCC(c2nc(-c3cc(C(C)(C)C)nc(C(C)(C)C)n3)c(Cl)s2)CC1. The zero-order valence-electron chi connectivity index (χ0n) is 21.4. The molecule has 0 spiro atoms. The maximum absolute atomic E-state index is 12.4. The van der Waals surface area contributed by atoms with Crippen LogP contribution in [0, 0.1) is 0 Å². The smallest absolute Gasteiger partial charge is 0.410 e. The van der Waals surface area contributed by atoms with Crippen LogP contribution in [0.1, 0.15) is 97.6 Å². The first kappa shape index (κ1) is 25.9. The molecule has 0 N–H and O–H groups in total. The summed E-state index contributed by atoms with van der Waals surface area (Å²) in [6, 6.07) is 2.02. The Hall–Kier alpha value is -1.73. The quantitative estimate of drug-likeness (QED) is 0.453. The maximum atomic E-state index is 12.4. The van der Waals surface area contributed by atoms with Crippen LogP contribution in [0.2, 0.25) is 4.34 Å². The number of hydrogen-bond donors (Lipinski definition) is 0. The van der Waals surface area contributed by atoms with Crippen molar-refractivity contribution in [3.05, 3.63) is 26.9 Å². The van der Waals surface area contributed by atoms with Crippen LogP contribution < -0.4 is 0 Å². The number of hydrogen-bond acceptors (Lipinski definition) is 6. The molecule has 33 heavy (non-hydrogen) atoms. The zero-order valence-corrected chi connectivity index (χ0v) is 22.9. The molecule has 0 bridgehead atoms. The van der Waals surface area contributed by atoms with Crippen LogP contribution in [-0.2, 0) is 15.6 Å². The summed E-state index contributed by atoms with van der Waals surface area (Å²) in [6.45, 7) is 19.8. The Bertz CT molecular complexity index is 975. The van der Waals surface area contributed by atoms with E-state index < -0.39 is 5.60 Å². The number of likely N-dealkylation sites (tertiary alicyclic amines) is 1. The molecule has 1 amide bonds. The molecular formula is C25H37ClN4O2S. The number of thiazole rings is 1. The van der Waals surface area contributed by atoms with Gasteiger partial charge in [0, 0.05) is 29.8 Å². The largest absolute Gasteiger partial charge is 0.444 e. The normalized spacial score (nSPS) is 16.2. The number of amides is 1. The van der Waals surface area contributed by atoms with Gasteiger partial charge in [0.05, 0.1) is 16.4 Å². The van der Waals surface area contributed by atoms with Gasteiger partial charge in [-0.2, -0.15) is 0 Å². The Labute approximate surface area is 207 Å². The summed E-state index contributed by atoms with van der Waals surface area (Å²) in [5.74, 6) is 1.06. The summed E-state index contributed by atoms with van der Waals surface area (Å²) in [5.41, 5.74) is 1.70. The lowest BCUT2D eigenvalue weighted by atomic mass is 9.89. The second-order valence-electron chi connectivity index (χ2n) is 11.9. The van der Waals surface area contributed by atoms with Gasteiger partial charge in [-0.1, -0.05) is 53.1 Å². The minimum absolute atomic E-state index is 0.114. The Morgan fingerprint density at radius 1 is 1.00 bits per heavy atom. The molecule has 1 fully saturated rings. The molecule has 2 aromatic rings. The van der Waals surface area contributed by atoms with Crippen molar-refractivity contribution in [2.24, 2.45) is 0 Å². The summed E-state index contributed by atoms with van der Waals surface area (Å²) < 4.78 is 6.17. The second-order valence-corrected chi connectivity index (χ2v) is 13.5. The molecule has 0 aliphatic carbocycles. The Balaban J connectivity index is 1.84. The van der Waals surface area contributed by atoms with Crippen LogP contribution in [0.15, 0.2) is 6.07 Å². The highest BCUT2D eigenvalue weighted by atomic mass is 35.5. The fraction of sp³-hybridized carbons (Fsp3) is 0.680. The number of rotatable bonds is 2. The first-order valence-electron chi connectivity index (χ1n) is 11.6. The molecule has 0 aromatic carbocycles. The van der Waals surface area contributed by atoms with Gasteiger partial charge in [-0.3, -0.25) is 0 Å². The van der Waals surface area contributed by atoms with Crippen LogP contribution >= 0.6 is 22.9 Å². The summed E-state index contributed by atoms with van der Waals surface area (Å²) in [7, 11) is 0. The molecule has 1 aliphatic rings. The minimum atomic E-state index is -0.485. The molecule has 2 aromatic heterocycles. The van der Waals surface area contributed by atoms with Gasteiger partial charge in [0.15, 0.2) is 0 Å². The summed E-state index contributed by atoms with van der Waals surface area (Å²) >= 11 is 8.22. The molecule has 0 unspecified atom stereocenters. The lowest BCUT2D eigenvalue weighted by Crippen LogP contribution is -2.41. The summed E-state index contributed by atoms with van der Waals surface area (Å²) in [5, 5.41) is 1.01. The van der Waals surface area contributed by atoms with Crippen LogP contribution in [0.4, 0.5) is 4.79 Å². The molecule has 0 saturated carbocycles. The highest BCUT2D eigenvalue weighted by Crippen LogP contribution is 2.39. The third-order valence-electron chi connectivity index (χ3n) is 5.51. The van der Waals surface area contributed by atoms with Gasteiger partial charge < -0.3 is 9.64 Å². The fourth-order valence-electron chi connectivity index (χ4n) is 3.57. The topological polar surface area (TPSA) is 68.2 Å². The van der Waals surface area contributed by atoms with Gasteiger partial charge in [0.2, 0.25) is 0 Å².